The molecule has 2 N–H and O–H groups in total. The third kappa shape index (κ3) is 27.9. The molecular weight excluding hydrogens is 566 g/mol. The highest BCUT2D eigenvalue weighted by atomic mass is 35.5. The van der Waals surface area contributed by atoms with Gasteiger partial charge >= 0.3 is 0 Å². The third-order valence-electron chi connectivity index (χ3n) is 5.67. The molecule has 0 amide bonds. The van der Waals surface area contributed by atoms with E-state index in [1.54, 1.807) is 0 Å². The zero-order valence-corrected chi connectivity index (χ0v) is 30.7. The van der Waals surface area contributed by atoms with Crippen LogP contribution in [0, 0.1) is 18.3 Å². The summed E-state index contributed by atoms with van der Waals surface area (Å²) in [5, 5.41) is 12.1. The molecule has 0 aliphatic rings. The lowest BCUT2D eigenvalue weighted by Crippen LogP contribution is -2.23. The first-order chi connectivity index (χ1) is 20.9. The third-order valence-corrected chi connectivity index (χ3v) is 5.91. The van der Waals surface area contributed by atoms with Gasteiger partial charge < -0.3 is 25.2 Å². The molecule has 0 saturated carbocycles. The van der Waals surface area contributed by atoms with E-state index in [-0.39, 0.29) is 0 Å². The van der Waals surface area contributed by atoms with Crippen LogP contribution < -0.4 is 5.32 Å². The van der Waals surface area contributed by atoms with Crippen LogP contribution in [0.5, 0.6) is 0 Å². The Labute approximate surface area is 276 Å². The van der Waals surface area contributed by atoms with E-state index in [1.807, 2.05) is 76.8 Å². The second-order valence-corrected chi connectivity index (χ2v) is 11.2. The van der Waals surface area contributed by atoms with Crippen LogP contribution in [0.25, 0.3) is 11.6 Å². The number of halogens is 1. The minimum atomic E-state index is 0.696. The molecule has 0 spiro atoms. The molecule has 0 saturated heterocycles. The number of nitrogens with zero attached hydrogens (tertiary/aromatic N) is 1. The topological polar surface area (TPSA) is 73.3 Å². The molecule has 0 unspecified atom stereocenters. The SMILES string of the molecule is C=C(C)c1ccc(C(=N)CCNCCC)cc1.C=O.C=O.CC.CC(C)=Cc1cc(Cl)ccc1C.CCCN(C)CC(C)C. The Morgan fingerprint density at radius 2 is 1.45 bits per heavy atom. The number of hydrogen-bond acceptors (Lipinski definition) is 5. The predicted molar refractivity (Wildman–Crippen MR) is 199 cm³/mol. The molecule has 0 atom stereocenters. The van der Waals surface area contributed by atoms with Crippen LogP contribution in [-0.4, -0.2) is 57.4 Å². The van der Waals surface area contributed by atoms with Crippen molar-refractivity contribution in [2.45, 2.75) is 88.5 Å². The number of carbonyl (C=O) groups excluding carboxylic acids is 2. The maximum Gasteiger partial charge on any atom is 0.106 e. The van der Waals surface area contributed by atoms with E-state index in [2.05, 4.69) is 78.4 Å². The van der Waals surface area contributed by atoms with Gasteiger partial charge in [-0.05, 0) is 101 Å². The van der Waals surface area contributed by atoms with Gasteiger partial charge in [0, 0.05) is 30.2 Å². The zero-order valence-electron chi connectivity index (χ0n) is 29.9. The van der Waals surface area contributed by atoms with E-state index < -0.39 is 0 Å². The molecule has 0 aromatic heterocycles. The summed E-state index contributed by atoms with van der Waals surface area (Å²) in [6.07, 6.45) is 5.33. The number of carbonyl (C=O) groups is 2. The summed E-state index contributed by atoms with van der Waals surface area (Å²) in [5.41, 5.74) is 7.68. The molecule has 0 fully saturated rings. The van der Waals surface area contributed by atoms with Gasteiger partial charge in [0.1, 0.15) is 13.6 Å². The molecule has 0 bridgehead atoms. The van der Waals surface area contributed by atoms with Gasteiger partial charge in [-0.2, -0.15) is 0 Å². The largest absolute Gasteiger partial charge is 0.316 e. The van der Waals surface area contributed by atoms with Crippen molar-refractivity contribution in [1.82, 2.24) is 10.2 Å². The smallest absolute Gasteiger partial charge is 0.106 e. The fraction of sp³-hybridized carbons (Fsp3) is 0.500. The first kappa shape index (κ1) is 48.1. The van der Waals surface area contributed by atoms with Gasteiger partial charge in [0.25, 0.3) is 0 Å². The lowest BCUT2D eigenvalue weighted by Gasteiger charge is -2.17. The van der Waals surface area contributed by atoms with Crippen molar-refractivity contribution in [2.24, 2.45) is 5.92 Å². The number of benzene rings is 2. The van der Waals surface area contributed by atoms with Crippen LogP contribution in [-0.2, 0) is 9.59 Å². The van der Waals surface area contributed by atoms with Gasteiger partial charge in [-0.3, -0.25) is 0 Å². The highest BCUT2D eigenvalue weighted by Crippen LogP contribution is 2.18. The quantitative estimate of drug-likeness (QED) is 0.181. The van der Waals surface area contributed by atoms with Crippen LogP contribution in [0.15, 0.2) is 54.6 Å². The minimum Gasteiger partial charge on any atom is -0.316 e. The molecule has 2 aromatic rings. The maximum atomic E-state index is 8.00. The molecule has 6 heteroatoms. The molecule has 2 aromatic carbocycles. The predicted octanol–water partition coefficient (Wildman–Crippen LogP) is 10.2. The van der Waals surface area contributed by atoms with Crippen molar-refractivity contribution >= 4 is 42.5 Å². The molecule has 2 rings (SSSR count). The van der Waals surface area contributed by atoms with E-state index >= 15 is 0 Å². The summed E-state index contributed by atoms with van der Waals surface area (Å²) in [7, 11) is 2.18. The highest BCUT2D eigenvalue weighted by molar-refractivity contribution is 6.30. The van der Waals surface area contributed by atoms with Gasteiger partial charge in [-0.25, -0.2) is 0 Å². The molecule has 0 aliphatic carbocycles. The molecule has 0 aliphatic heterocycles. The Morgan fingerprint density at radius 3 is 1.89 bits per heavy atom. The fourth-order valence-corrected chi connectivity index (χ4v) is 3.97. The monoisotopic (exact) mass is 629 g/mol. The zero-order chi connectivity index (χ0) is 35.1. The van der Waals surface area contributed by atoms with Crippen LogP contribution in [0.2, 0.25) is 5.02 Å². The summed E-state index contributed by atoms with van der Waals surface area (Å²) in [4.78, 5) is 18.4. The minimum absolute atomic E-state index is 0.696. The highest BCUT2D eigenvalue weighted by Gasteiger charge is 2.02. The van der Waals surface area contributed by atoms with Gasteiger partial charge in [0.05, 0.1) is 0 Å². The maximum absolute atomic E-state index is 8.00. The van der Waals surface area contributed by atoms with Crippen LogP contribution in [0.3, 0.4) is 0 Å². The lowest BCUT2D eigenvalue weighted by atomic mass is 10.0. The summed E-state index contributed by atoms with van der Waals surface area (Å²) in [6.45, 7) is 33.4. The number of hydrogen-bond donors (Lipinski definition) is 2. The average molecular weight is 630 g/mol. The van der Waals surface area contributed by atoms with Crippen molar-refractivity contribution in [3.05, 3.63) is 81.9 Å². The Kier molecular flexibility index (Phi) is 36.1. The van der Waals surface area contributed by atoms with E-state index in [9.17, 15) is 0 Å². The van der Waals surface area contributed by atoms with Crippen LogP contribution in [0.4, 0.5) is 0 Å². The first-order valence-corrected chi connectivity index (χ1v) is 16.0. The Balaban J connectivity index is -0.000000261. The van der Waals surface area contributed by atoms with Gasteiger partial charge in [0.15, 0.2) is 0 Å². The second kappa shape index (κ2) is 33.0. The van der Waals surface area contributed by atoms with Crippen molar-refractivity contribution in [2.75, 3.05) is 33.2 Å². The van der Waals surface area contributed by atoms with E-state index in [0.717, 1.165) is 53.6 Å². The van der Waals surface area contributed by atoms with E-state index in [1.165, 1.54) is 36.2 Å². The molecular formula is C38H64ClN3O2. The normalized spacial score (nSPS) is 9.23. The van der Waals surface area contributed by atoms with Crippen LogP contribution in [0.1, 0.15) is 104 Å². The molecule has 250 valence electrons. The fourth-order valence-electron chi connectivity index (χ4n) is 3.79. The first-order valence-electron chi connectivity index (χ1n) is 15.6. The summed E-state index contributed by atoms with van der Waals surface area (Å²) < 4.78 is 0. The average Bonchev–Trinajstić information content (AvgIpc) is 3.00. The van der Waals surface area contributed by atoms with Crippen molar-refractivity contribution in [3.63, 3.8) is 0 Å². The van der Waals surface area contributed by atoms with E-state index in [0.29, 0.717) is 5.71 Å². The number of nitrogens with one attached hydrogen (secondary N) is 2. The van der Waals surface area contributed by atoms with Gasteiger partial charge in [0.2, 0.25) is 0 Å². The summed E-state index contributed by atoms with van der Waals surface area (Å²) in [5.74, 6) is 0.807. The van der Waals surface area contributed by atoms with Crippen molar-refractivity contribution < 1.29 is 9.59 Å². The van der Waals surface area contributed by atoms with Crippen molar-refractivity contribution in [1.29, 1.82) is 5.41 Å². The Hall–Kier alpha value is -2.86. The number of allylic oxidation sites excluding steroid dienone is 2. The lowest BCUT2D eigenvalue weighted by molar-refractivity contribution is -0.0987. The van der Waals surface area contributed by atoms with Gasteiger partial charge in [-0.1, -0.05) is 107 Å². The molecule has 0 radical (unpaired) electrons. The van der Waals surface area contributed by atoms with Gasteiger partial charge in [-0.15, -0.1) is 0 Å². The second-order valence-electron chi connectivity index (χ2n) is 10.7. The molecule has 44 heavy (non-hydrogen) atoms. The summed E-state index contributed by atoms with van der Waals surface area (Å²) in [6, 6.07) is 14.0. The summed E-state index contributed by atoms with van der Waals surface area (Å²) >= 11 is 5.87. The molecule has 5 nitrogen and oxygen atoms in total. The Morgan fingerprint density at radius 1 is 0.932 bits per heavy atom. The van der Waals surface area contributed by atoms with E-state index in [4.69, 9.17) is 26.6 Å². The molecule has 0 heterocycles. The Bertz CT molecular complexity index is 1010. The van der Waals surface area contributed by atoms with Crippen molar-refractivity contribution in [3.8, 4) is 0 Å². The number of aryl methyl sites for hydroxylation is 1. The van der Waals surface area contributed by atoms with Crippen LogP contribution >= 0.6 is 11.6 Å². The number of rotatable bonds is 12. The standard InChI is InChI=1S/C15H22N2.C11H13Cl.C8H19N.C2H6.2CH2O/c1-4-10-17-11-9-15(16)14-7-5-13(6-8-14)12(2)3;1-8(2)6-10-7-11(12)5-4-9(10)3;1-5-6-9(4)7-8(2)3;3*1-2/h5-8,16-17H,2,4,9-11H2,1,3H3;4-7H,1-3H3;8H,5-7H2,1-4H3;1-2H3;2*1H2.